The fraction of sp³-hybridized carbons (Fsp3) is 0.889. The first-order valence-corrected chi connectivity index (χ1v) is 4.79. The highest BCUT2D eigenvalue weighted by Gasteiger charge is 2.37. The molecule has 4 nitrogen and oxygen atoms in total. The predicted molar refractivity (Wildman–Crippen MR) is 50.0 cm³/mol. The number of rotatable bonds is 3. The molecule has 1 amide bonds. The molecule has 1 heterocycles. The molecule has 0 spiro atoms. The molecule has 13 heavy (non-hydrogen) atoms. The van der Waals surface area contributed by atoms with Crippen molar-refractivity contribution in [3.05, 3.63) is 0 Å². The Morgan fingerprint density at radius 3 is 2.92 bits per heavy atom. The van der Waals surface area contributed by atoms with Crippen LogP contribution in [0.3, 0.4) is 0 Å². The fourth-order valence-electron chi connectivity index (χ4n) is 1.82. The Kier molecular flexibility index (Phi) is 3.69. The Hall–Kier alpha value is -0.610. The van der Waals surface area contributed by atoms with Gasteiger partial charge in [0.05, 0.1) is 12.5 Å². The van der Waals surface area contributed by atoms with E-state index in [1.54, 1.807) is 0 Å². The van der Waals surface area contributed by atoms with Crippen molar-refractivity contribution in [2.45, 2.75) is 26.2 Å². The molecular weight excluding hydrogens is 168 g/mol. The van der Waals surface area contributed by atoms with Crippen molar-refractivity contribution in [1.82, 2.24) is 10.8 Å². The molecular formula is C9H18N2O2. The van der Waals surface area contributed by atoms with Crippen LogP contribution in [-0.2, 0) is 9.63 Å². The first-order valence-electron chi connectivity index (χ1n) is 4.79. The lowest BCUT2D eigenvalue weighted by atomic mass is 9.78. The lowest BCUT2D eigenvalue weighted by Gasteiger charge is -2.34. The van der Waals surface area contributed by atoms with E-state index in [4.69, 9.17) is 0 Å². The number of hydrogen-bond donors (Lipinski definition) is 2. The second kappa shape index (κ2) is 4.58. The molecule has 1 saturated heterocycles. The van der Waals surface area contributed by atoms with Gasteiger partial charge in [0, 0.05) is 6.54 Å². The highest BCUT2D eigenvalue weighted by molar-refractivity contribution is 5.82. The molecule has 0 aromatic carbocycles. The average Bonchev–Trinajstić information content (AvgIpc) is 2.19. The van der Waals surface area contributed by atoms with Crippen LogP contribution >= 0.6 is 0 Å². The van der Waals surface area contributed by atoms with E-state index in [1.807, 2.05) is 6.92 Å². The maximum absolute atomic E-state index is 11.7. The normalized spacial score (nSPS) is 28.5. The molecule has 1 unspecified atom stereocenters. The highest BCUT2D eigenvalue weighted by atomic mass is 16.6. The van der Waals surface area contributed by atoms with Crippen LogP contribution < -0.4 is 10.8 Å². The Balaban J connectivity index is 2.61. The molecule has 0 aliphatic carbocycles. The third-order valence-corrected chi connectivity index (χ3v) is 2.83. The van der Waals surface area contributed by atoms with E-state index in [-0.39, 0.29) is 11.3 Å². The number of hydrogen-bond acceptors (Lipinski definition) is 3. The Bertz CT molecular complexity index is 176. The highest BCUT2D eigenvalue weighted by Crippen LogP contribution is 2.29. The first-order chi connectivity index (χ1) is 6.25. The summed E-state index contributed by atoms with van der Waals surface area (Å²) in [4.78, 5) is 16.3. The summed E-state index contributed by atoms with van der Waals surface area (Å²) in [6, 6.07) is 0. The van der Waals surface area contributed by atoms with Crippen LogP contribution in [0.1, 0.15) is 26.2 Å². The third kappa shape index (κ3) is 2.19. The van der Waals surface area contributed by atoms with Gasteiger partial charge in [-0.15, -0.1) is 0 Å². The quantitative estimate of drug-likeness (QED) is 0.629. The average molecular weight is 186 g/mol. The zero-order valence-electron chi connectivity index (χ0n) is 8.35. The molecule has 0 saturated carbocycles. The maximum Gasteiger partial charge on any atom is 0.251 e. The topological polar surface area (TPSA) is 50.4 Å². The van der Waals surface area contributed by atoms with Gasteiger partial charge in [-0.3, -0.25) is 9.63 Å². The molecule has 0 bridgehead atoms. The fourth-order valence-corrected chi connectivity index (χ4v) is 1.82. The summed E-state index contributed by atoms with van der Waals surface area (Å²) in [5.74, 6) is 0.00435. The van der Waals surface area contributed by atoms with Crippen molar-refractivity contribution >= 4 is 5.91 Å². The van der Waals surface area contributed by atoms with Crippen LogP contribution in [0.5, 0.6) is 0 Å². The summed E-state index contributed by atoms with van der Waals surface area (Å²) in [6.45, 7) is 3.82. The van der Waals surface area contributed by atoms with Crippen LogP contribution in [0.15, 0.2) is 0 Å². The van der Waals surface area contributed by atoms with E-state index in [1.165, 1.54) is 7.11 Å². The first kappa shape index (κ1) is 10.5. The zero-order chi connectivity index (χ0) is 9.73. The molecule has 4 heteroatoms. The largest absolute Gasteiger partial charge is 0.316 e. The molecule has 1 aliphatic heterocycles. The predicted octanol–water partition coefficient (Wildman–Crippen LogP) is 0.444. The van der Waals surface area contributed by atoms with E-state index >= 15 is 0 Å². The summed E-state index contributed by atoms with van der Waals surface area (Å²) in [6.07, 6.45) is 2.87. The maximum atomic E-state index is 11.7. The van der Waals surface area contributed by atoms with Gasteiger partial charge in [0.25, 0.3) is 5.91 Å². The van der Waals surface area contributed by atoms with E-state index in [2.05, 4.69) is 15.6 Å². The molecule has 0 radical (unpaired) electrons. The lowest BCUT2D eigenvalue weighted by Crippen LogP contribution is -2.49. The molecule has 0 aromatic heterocycles. The summed E-state index contributed by atoms with van der Waals surface area (Å²) in [5, 5.41) is 3.25. The minimum Gasteiger partial charge on any atom is -0.316 e. The SMILES string of the molecule is CCC1(C(=O)NOC)CCCNC1. The van der Waals surface area contributed by atoms with Crippen LogP contribution in [0.25, 0.3) is 0 Å². The third-order valence-electron chi connectivity index (χ3n) is 2.83. The second-order valence-corrected chi connectivity index (χ2v) is 3.55. The lowest BCUT2D eigenvalue weighted by molar-refractivity contribution is -0.143. The monoisotopic (exact) mass is 186 g/mol. The van der Waals surface area contributed by atoms with Gasteiger partial charge in [0.2, 0.25) is 0 Å². The Morgan fingerprint density at radius 1 is 1.69 bits per heavy atom. The van der Waals surface area contributed by atoms with E-state index < -0.39 is 0 Å². The molecule has 0 aromatic rings. The van der Waals surface area contributed by atoms with E-state index in [9.17, 15) is 4.79 Å². The van der Waals surface area contributed by atoms with Gasteiger partial charge in [-0.1, -0.05) is 6.92 Å². The number of nitrogens with one attached hydrogen (secondary N) is 2. The number of carbonyl (C=O) groups is 1. The van der Waals surface area contributed by atoms with Gasteiger partial charge in [0.15, 0.2) is 0 Å². The number of amides is 1. The van der Waals surface area contributed by atoms with Gasteiger partial charge in [-0.25, -0.2) is 5.48 Å². The summed E-state index contributed by atoms with van der Waals surface area (Å²) >= 11 is 0. The minimum absolute atomic E-state index is 0.00435. The van der Waals surface area contributed by atoms with Crippen LogP contribution in [0.2, 0.25) is 0 Å². The van der Waals surface area contributed by atoms with Crippen LogP contribution in [0.4, 0.5) is 0 Å². The molecule has 2 N–H and O–H groups in total. The molecule has 1 rings (SSSR count). The smallest absolute Gasteiger partial charge is 0.251 e. The zero-order valence-corrected chi connectivity index (χ0v) is 8.35. The molecule has 76 valence electrons. The van der Waals surface area contributed by atoms with Crippen molar-refractivity contribution in [2.75, 3.05) is 20.2 Å². The van der Waals surface area contributed by atoms with Gasteiger partial charge < -0.3 is 5.32 Å². The van der Waals surface area contributed by atoms with Crippen molar-refractivity contribution < 1.29 is 9.63 Å². The van der Waals surface area contributed by atoms with E-state index in [0.29, 0.717) is 0 Å². The van der Waals surface area contributed by atoms with Gasteiger partial charge in [-0.05, 0) is 25.8 Å². The summed E-state index contributed by atoms with van der Waals surface area (Å²) in [5.41, 5.74) is 2.17. The Morgan fingerprint density at radius 2 is 2.46 bits per heavy atom. The number of carbonyl (C=O) groups excluding carboxylic acids is 1. The number of hydroxylamine groups is 1. The second-order valence-electron chi connectivity index (χ2n) is 3.55. The Labute approximate surface area is 79.0 Å². The van der Waals surface area contributed by atoms with Gasteiger partial charge in [0.1, 0.15) is 0 Å². The standard InChI is InChI=1S/C9H18N2O2/c1-3-9(8(12)11-13-2)5-4-6-10-7-9/h10H,3-7H2,1-2H3,(H,11,12). The molecule has 1 fully saturated rings. The number of piperidine rings is 1. The molecule has 1 aliphatic rings. The van der Waals surface area contributed by atoms with E-state index in [0.717, 1.165) is 32.4 Å². The summed E-state index contributed by atoms with van der Waals surface area (Å²) < 4.78 is 0. The van der Waals surface area contributed by atoms with Gasteiger partial charge in [-0.2, -0.15) is 0 Å². The van der Waals surface area contributed by atoms with Crippen LogP contribution in [-0.4, -0.2) is 26.1 Å². The van der Waals surface area contributed by atoms with Crippen molar-refractivity contribution in [1.29, 1.82) is 0 Å². The van der Waals surface area contributed by atoms with Crippen LogP contribution in [0, 0.1) is 5.41 Å². The van der Waals surface area contributed by atoms with Crippen molar-refractivity contribution in [2.24, 2.45) is 5.41 Å². The van der Waals surface area contributed by atoms with Crippen molar-refractivity contribution in [3.8, 4) is 0 Å². The minimum atomic E-state index is -0.256. The van der Waals surface area contributed by atoms with Gasteiger partial charge >= 0.3 is 0 Å². The van der Waals surface area contributed by atoms with Crippen molar-refractivity contribution in [3.63, 3.8) is 0 Å². The summed E-state index contributed by atoms with van der Waals surface area (Å²) in [7, 11) is 1.47. The molecule has 1 atom stereocenters.